The number of ether oxygens (including phenoxy) is 2. The van der Waals surface area contributed by atoms with Gasteiger partial charge in [-0.05, 0) is 71.1 Å². The minimum Gasteiger partial charge on any atom is -0.496 e. The van der Waals surface area contributed by atoms with E-state index in [1.165, 1.54) is 0 Å². The molecule has 2 aromatic rings. The number of rotatable bonds is 7. The summed E-state index contributed by atoms with van der Waals surface area (Å²) in [5, 5.41) is 14.7. The molecule has 33 heavy (non-hydrogen) atoms. The molecule has 2 atom stereocenters. The smallest absolute Gasteiger partial charge is 0.417 e. The van der Waals surface area contributed by atoms with Gasteiger partial charge in [0.05, 0.1) is 13.2 Å². The summed E-state index contributed by atoms with van der Waals surface area (Å²) in [5.41, 5.74) is 10.3. The number of hydrogen-bond donors (Lipinski definition) is 1. The molecule has 9 heteroatoms. The first-order chi connectivity index (χ1) is 16.0. The molecule has 2 aliphatic rings. The van der Waals surface area contributed by atoms with Crippen LogP contribution < -0.4 is 4.74 Å². The Hall–Kier alpha value is -3.55. The highest BCUT2D eigenvalue weighted by atomic mass is 16.6. The van der Waals surface area contributed by atoms with Crippen molar-refractivity contribution in [3.8, 4) is 5.75 Å². The van der Waals surface area contributed by atoms with Crippen molar-refractivity contribution in [2.75, 3.05) is 13.7 Å². The van der Waals surface area contributed by atoms with E-state index in [0.717, 1.165) is 53.0 Å². The SMILES string of the molecule is COc1ccc(CC(O)(N=[N+]=[N-])C(=O)N2C(=O)OC[C@H]2Cc2ccccc2)c2c1CCCC2. The highest BCUT2D eigenvalue weighted by Gasteiger charge is 2.48. The minimum absolute atomic E-state index is 0.00372. The van der Waals surface area contributed by atoms with Gasteiger partial charge in [-0.3, -0.25) is 4.79 Å². The van der Waals surface area contributed by atoms with Crippen LogP contribution in [-0.4, -0.2) is 47.5 Å². The van der Waals surface area contributed by atoms with Gasteiger partial charge >= 0.3 is 6.09 Å². The standard InChI is InChI=1S/C24H26N4O5/c1-32-21-12-11-17(19-9-5-6-10-20(19)21)14-24(31,26-27-25)22(29)28-18(15-33-23(28)30)13-16-7-3-2-4-8-16/h2-4,7-8,11-12,18,31H,5-6,9-10,13-15H2,1H3/t18-,24?/m1/s1. The normalized spacial score (nSPS) is 19.2. The zero-order valence-electron chi connectivity index (χ0n) is 18.4. The molecule has 2 aromatic carbocycles. The van der Waals surface area contributed by atoms with Gasteiger partial charge in [0.2, 0.25) is 5.72 Å². The van der Waals surface area contributed by atoms with Crippen molar-refractivity contribution in [1.29, 1.82) is 0 Å². The number of aliphatic hydroxyl groups is 1. The molecule has 0 spiro atoms. The summed E-state index contributed by atoms with van der Waals surface area (Å²) in [6.07, 6.45) is 2.85. The molecular formula is C24H26N4O5. The lowest BCUT2D eigenvalue weighted by Gasteiger charge is -2.30. The van der Waals surface area contributed by atoms with Crippen LogP contribution in [0.15, 0.2) is 47.6 Å². The maximum absolute atomic E-state index is 13.4. The molecule has 1 saturated heterocycles. The third-order valence-corrected chi connectivity index (χ3v) is 6.29. The first-order valence-corrected chi connectivity index (χ1v) is 11.0. The lowest BCUT2D eigenvalue weighted by Crippen LogP contribution is -2.53. The number of imide groups is 1. The van der Waals surface area contributed by atoms with E-state index in [2.05, 4.69) is 10.0 Å². The molecule has 0 saturated carbocycles. The number of carbonyl (C=O) groups is 2. The van der Waals surface area contributed by atoms with E-state index in [1.807, 2.05) is 30.3 Å². The first kappa shape index (κ1) is 22.6. The topological polar surface area (TPSA) is 125 Å². The fourth-order valence-corrected chi connectivity index (χ4v) is 4.70. The van der Waals surface area contributed by atoms with Crippen molar-refractivity contribution in [3.05, 3.63) is 75.2 Å². The van der Waals surface area contributed by atoms with Gasteiger partial charge in [0.25, 0.3) is 5.91 Å². The second-order valence-corrected chi connectivity index (χ2v) is 8.37. The molecule has 1 aliphatic carbocycles. The highest BCUT2D eigenvalue weighted by molar-refractivity contribution is 5.98. The summed E-state index contributed by atoms with van der Waals surface area (Å²) in [5.74, 6) is -0.220. The van der Waals surface area contributed by atoms with Crippen LogP contribution in [0.4, 0.5) is 4.79 Å². The summed E-state index contributed by atoms with van der Waals surface area (Å²) in [6, 6.07) is 12.3. The predicted octanol–water partition coefficient (Wildman–Crippen LogP) is 3.71. The Balaban J connectivity index is 1.65. The fraction of sp³-hybridized carbons (Fsp3) is 0.417. The van der Waals surface area contributed by atoms with Gasteiger partial charge in [0.1, 0.15) is 12.4 Å². The first-order valence-electron chi connectivity index (χ1n) is 11.0. The Morgan fingerprint density at radius 2 is 1.97 bits per heavy atom. The molecule has 1 heterocycles. The van der Waals surface area contributed by atoms with E-state index >= 15 is 0 Å². The molecule has 172 valence electrons. The van der Waals surface area contributed by atoms with Gasteiger partial charge in [0, 0.05) is 11.3 Å². The number of cyclic esters (lactones) is 1. The summed E-state index contributed by atoms with van der Waals surface area (Å²) >= 11 is 0. The molecule has 1 aliphatic heterocycles. The molecule has 9 nitrogen and oxygen atoms in total. The van der Waals surface area contributed by atoms with Crippen LogP contribution in [0, 0.1) is 0 Å². The summed E-state index contributed by atoms with van der Waals surface area (Å²) in [6.45, 7) is 0.00372. The zero-order valence-corrected chi connectivity index (χ0v) is 18.4. The Labute approximate surface area is 191 Å². The average Bonchev–Trinajstić information content (AvgIpc) is 3.19. The van der Waals surface area contributed by atoms with Gasteiger partial charge in [-0.2, -0.15) is 0 Å². The fourth-order valence-electron chi connectivity index (χ4n) is 4.70. The monoisotopic (exact) mass is 450 g/mol. The predicted molar refractivity (Wildman–Crippen MR) is 120 cm³/mol. The number of carbonyl (C=O) groups excluding carboxylic acids is 2. The van der Waals surface area contributed by atoms with Crippen LogP contribution in [0.5, 0.6) is 5.75 Å². The lowest BCUT2D eigenvalue weighted by atomic mass is 9.85. The lowest BCUT2D eigenvalue weighted by molar-refractivity contribution is -0.148. The van der Waals surface area contributed by atoms with Crippen LogP contribution in [-0.2, 0) is 35.2 Å². The molecule has 1 unspecified atom stereocenters. The van der Waals surface area contributed by atoms with Crippen molar-refractivity contribution in [2.45, 2.75) is 50.3 Å². The molecule has 0 aromatic heterocycles. The van der Waals surface area contributed by atoms with E-state index in [1.54, 1.807) is 19.2 Å². The van der Waals surface area contributed by atoms with E-state index in [0.29, 0.717) is 12.0 Å². The quantitative estimate of drug-likeness (QED) is 0.391. The molecule has 1 N–H and O–H groups in total. The number of methoxy groups -OCH3 is 1. The van der Waals surface area contributed by atoms with E-state index in [-0.39, 0.29) is 13.0 Å². The number of hydrogen-bond acceptors (Lipinski definition) is 6. The van der Waals surface area contributed by atoms with Crippen LogP contribution in [0.3, 0.4) is 0 Å². The second-order valence-electron chi connectivity index (χ2n) is 8.37. The van der Waals surface area contributed by atoms with Crippen molar-refractivity contribution < 1.29 is 24.2 Å². The maximum Gasteiger partial charge on any atom is 0.417 e. The van der Waals surface area contributed by atoms with Crippen LogP contribution in [0.2, 0.25) is 0 Å². The molecule has 2 amide bonds. The number of nitrogens with zero attached hydrogens (tertiary/aromatic N) is 4. The van der Waals surface area contributed by atoms with Crippen molar-refractivity contribution in [2.24, 2.45) is 5.11 Å². The molecule has 1 fully saturated rings. The Morgan fingerprint density at radius 1 is 1.24 bits per heavy atom. The molecular weight excluding hydrogens is 424 g/mol. The van der Waals surface area contributed by atoms with Gasteiger partial charge in [-0.15, -0.1) is 0 Å². The Morgan fingerprint density at radius 3 is 2.67 bits per heavy atom. The third kappa shape index (κ3) is 4.51. The van der Waals surface area contributed by atoms with E-state index in [4.69, 9.17) is 15.0 Å². The molecule has 0 radical (unpaired) electrons. The van der Waals surface area contributed by atoms with Crippen LogP contribution in [0.25, 0.3) is 10.4 Å². The van der Waals surface area contributed by atoms with E-state index in [9.17, 15) is 14.7 Å². The van der Waals surface area contributed by atoms with Crippen LogP contribution in [0.1, 0.15) is 35.1 Å². The third-order valence-electron chi connectivity index (χ3n) is 6.29. The average molecular weight is 450 g/mol. The Kier molecular flexibility index (Phi) is 6.53. The zero-order chi connectivity index (χ0) is 23.4. The van der Waals surface area contributed by atoms with Crippen molar-refractivity contribution in [1.82, 2.24) is 4.90 Å². The summed E-state index contributed by atoms with van der Waals surface area (Å²) < 4.78 is 10.6. The number of benzene rings is 2. The number of azide groups is 1. The minimum atomic E-state index is -2.47. The largest absolute Gasteiger partial charge is 0.496 e. The van der Waals surface area contributed by atoms with Gasteiger partial charge in [-0.1, -0.05) is 36.4 Å². The van der Waals surface area contributed by atoms with Gasteiger partial charge < -0.3 is 14.6 Å². The van der Waals surface area contributed by atoms with Gasteiger partial charge in [0.15, 0.2) is 0 Å². The summed E-state index contributed by atoms with van der Waals surface area (Å²) in [7, 11) is 1.61. The van der Waals surface area contributed by atoms with Crippen molar-refractivity contribution in [3.63, 3.8) is 0 Å². The summed E-state index contributed by atoms with van der Waals surface area (Å²) in [4.78, 5) is 29.5. The maximum atomic E-state index is 13.4. The highest BCUT2D eigenvalue weighted by Crippen LogP contribution is 2.35. The second kappa shape index (κ2) is 9.52. The van der Waals surface area contributed by atoms with Crippen LogP contribution >= 0.6 is 0 Å². The molecule has 0 bridgehead atoms. The molecule has 4 rings (SSSR count). The van der Waals surface area contributed by atoms with E-state index < -0.39 is 23.8 Å². The Bertz CT molecular complexity index is 1100. The number of fused-ring (bicyclic) bond motifs is 1. The van der Waals surface area contributed by atoms with Crippen molar-refractivity contribution >= 4 is 12.0 Å². The van der Waals surface area contributed by atoms with Gasteiger partial charge in [-0.25, -0.2) is 9.69 Å². The number of amides is 2.